The number of esters is 4. The van der Waals surface area contributed by atoms with E-state index in [1.165, 1.54) is 167 Å². The molecule has 19 heteroatoms. The van der Waals surface area contributed by atoms with Gasteiger partial charge >= 0.3 is 39.5 Å². The second kappa shape index (κ2) is 66.8. The fraction of sp³-hybridized carbons (Fsp3) is 0.892. The third kappa shape index (κ3) is 67.9. The van der Waals surface area contributed by atoms with Crippen LogP contribution >= 0.6 is 15.6 Å². The molecule has 0 amide bonds. The van der Waals surface area contributed by atoms with E-state index in [0.29, 0.717) is 25.7 Å². The van der Waals surface area contributed by atoms with Gasteiger partial charge in [-0.2, -0.15) is 0 Å². The van der Waals surface area contributed by atoms with Crippen LogP contribution in [-0.2, 0) is 65.4 Å². The Morgan fingerprint density at radius 3 is 0.882 bits per heavy atom. The van der Waals surface area contributed by atoms with Crippen LogP contribution in [0.5, 0.6) is 0 Å². The summed E-state index contributed by atoms with van der Waals surface area (Å²) in [5.41, 5.74) is 0. The first kappa shape index (κ1) is 90.5. The lowest BCUT2D eigenvalue weighted by molar-refractivity contribution is -0.161. The van der Waals surface area contributed by atoms with E-state index in [-0.39, 0.29) is 25.7 Å². The molecule has 0 rings (SSSR count). The Morgan fingerprint density at radius 1 is 0.333 bits per heavy atom. The maximum absolute atomic E-state index is 13.1. The quantitative estimate of drug-likeness (QED) is 0.0169. The van der Waals surface area contributed by atoms with Crippen LogP contribution in [0.3, 0.4) is 0 Å². The highest BCUT2D eigenvalue weighted by atomic mass is 31.2. The number of rotatable bonds is 72. The summed E-state index contributed by atoms with van der Waals surface area (Å²) in [5, 5.41) is 10.6. The number of phosphoric ester groups is 2. The molecule has 0 radical (unpaired) electrons. The van der Waals surface area contributed by atoms with Crippen molar-refractivity contribution in [2.75, 3.05) is 39.6 Å². The summed E-state index contributed by atoms with van der Waals surface area (Å²) < 4.78 is 68.4. The molecule has 0 aliphatic rings. The van der Waals surface area contributed by atoms with Crippen LogP contribution in [-0.4, -0.2) is 96.7 Å². The highest BCUT2D eigenvalue weighted by molar-refractivity contribution is 7.47. The molecule has 93 heavy (non-hydrogen) atoms. The third-order valence-electron chi connectivity index (χ3n) is 16.7. The second-order valence-corrected chi connectivity index (χ2v) is 29.4. The molecule has 2 unspecified atom stereocenters. The Hall–Kier alpha value is -2.46. The normalized spacial score (nSPS) is 14.2. The average molecular weight is 1360 g/mol. The lowest BCUT2D eigenvalue weighted by Crippen LogP contribution is -2.30. The Labute approximate surface area is 567 Å². The SMILES string of the molecule is CCCCCC/C=C\C=C/CCCCCCCC(=O)OC[C@H](COP(=O)(O)OC[C@@H](O)COP(=O)(O)OC[C@@H](COC(=O)CCCCCCCCCCC)OC(=O)CCCCCCCCCCCC(C)C)OC(=O)CCCCCCCCCCCCCCCCCCC. The average Bonchev–Trinajstić information content (AvgIpc) is 2.51. The van der Waals surface area contributed by atoms with Gasteiger partial charge < -0.3 is 33.8 Å². The van der Waals surface area contributed by atoms with E-state index in [1.54, 1.807) is 0 Å². The molecule has 0 heterocycles. The zero-order valence-corrected chi connectivity index (χ0v) is 61.7. The zero-order valence-electron chi connectivity index (χ0n) is 59.9. The first-order valence-electron chi connectivity index (χ1n) is 38.0. The van der Waals surface area contributed by atoms with E-state index in [2.05, 4.69) is 58.9 Å². The molecule has 0 aromatic rings. The van der Waals surface area contributed by atoms with Crippen molar-refractivity contribution in [2.24, 2.45) is 5.92 Å². The molecule has 0 aromatic heterocycles. The molecular weight excluding hydrogens is 1220 g/mol. The summed E-state index contributed by atoms with van der Waals surface area (Å²) in [6, 6.07) is 0. The summed E-state index contributed by atoms with van der Waals surface area (Å²) in [5.74, 6) is -1.41. The summed E-state index contributed by atoms with van der Waals surface area (Å²) in [7, 11) is -9.92. The molecule has 5 atom stereocenters. The van der Waals surface area contributed by atoms with Crippen LogP contribution in [0, 0.1) is 5.92 Å². The summed E-state index contributed by atoms with van der Waals surface area (Å²) >= 11 is 0. The Balaban J connectivity index is 5.27. The molecule has 0 aliphatic heterocycles. The van der Waals surface area contributed by atoms with Crippen LogP contribution in [0.15, 0.2) is 24.3 Å². The second-order valence-electron chi connectivity index (χ2n) is 26.5. The largest absolute Gasteiger partial charge is 0.472 e. The number of carbonyl (C=O) groups excluding carboxylic acids is 4. The standard InChI is InChI=1S/C74H140O17P2/c1-6-9-12-15-18-21-23-25-27-28-30-32-34-39-44-49-54-59-73(78)90-70(64-85-72(77)58-53-48-43-38-33-31-29-26-24-22-19-16-13-10-7-2)66-89-93(82,83)87-62-68(75)61-86-92(80,81)88-65-69(63-84-71(76)57-52-47-42-36-20-17-14-11-8-3)91-74(79)60-55-50-45-40-35-37-41-46-51-56-67(4)5/h22,24,26,29,67-70,75H,6-21,23,25,27-28,30-66H2,1-5H3,(H,80,81)(H,82,83)/b24-22-,29-26-/t68-,69+,70+/m0/s1. The van der Waals surface area contributed by atoms with Gasteiger partial charge in [0, 0.05) is 25.7 Å². The number of allylic oxidation sites excluding steroid dienone is 4. The predicted molar refractivity (Wildman–Crippen MR) is 377 cm³/mol. The molecule has 0 bridgehead atoms. The number of aliphatic hydroxyl groups is 1. The van der Waals surface area contributed by atoms with Crippen LogP contribution in [0.25, 0.3) is 0 Å². The smallest absolute Gasteiger partial charge is 0.462 e. The van der Waals surface area contributed by atoms with Gasteiger partial charge in [-0.25, -0.2) is 9.13 Å². The van der Waals surface area contributed by atoms with E-state index in [1.807, 2.05) is 0 Å². The maximum atomic E-state index is 13.1. The van der Waals surface area contributed by atoms with Crippen molar-refractivity contribution in [3.8, 4) is 0 Å². The topological polar surface area (TPSA) is 237 Å². The first-order valence-corrected chi connectivity index (χ1v) is 40.9. The number of phosphoric acid groups is 2. The summed E-state index contributed by atoms with van der Waals surface area (Å²) in [6.45, 7) is 7.17. The number of carbonyl (C=O) groups is 4. The minimum absolute atomic E-state index is 0.102. The molecule has 0 spiro atoms. The van der Waals surface area contributed by atoms with Crippen molar-refractivity contribution in [2.45, 2.75) is 380 Å². The van der Waals surface area contributed by atoms with E-state index < -0.39 is 97.5 Å². The highest BCUT2D eigenvalue weighted by Gasteiger charge is 2.30. The van der Waals surface area contributed by atoms with Crippen LogP contribution in [0.4, 0.5) is 0 Å². The number of hydrogen-bond acceptors (Lipinski definition) is 15. The van der Waals surface area contributed by atoms with Gasteiger partial charge in [0.2, 0.25) is 0 Å². The van der Waals surface area contributed by atoms with E-state index in [9.17, 15) is 43.2 Å². The van der Waals surface area contributed by atoms with E-state index in [4.69, 9.17) is 37.0 Å². The third-order valence-corrected chi connectivity index (χ3v) is 18.6. The van der Waals surface area contributed by atoms with Crippen molar-refractivity contribution in [1.82, 2.24) is 0 Å². The highest BCUT2D eigenvalue weighted by Crippen LogP contribution is 2.45. The van der Waals surface area contributed by atoms with Crippen molar-refractivity contribution in [1.29, 1.82) is 0 Å². The number of unbranched alkanes of at least 4 members (excludes halogenated alkanes) is 41. The zero-order chi connectivity index (χ0) is 68.4. The lowest BCUT2D eigenvalue weighted by Gasteiger charge is -2.21. The fourth-order valence-electron chi connectivity index (χ4n) is 10.8. The minimum Gasteiger partial charge on any atom is -0.462 e. The van der Waals surface area contributed by atoms with E-state index in [0.717, 1.165) is 115 Å². The van der Waals surface area contributed by atoms with Crippen molar-refractivity contribution in [3.05, 3.63) is 24.3 Å². The van der Waals surface area contributed by atoms with Gasteiger partial charge in [0.1, 0.15) is 19.3 Å². The van der Waals surface area contributed by atoms with Gasteiger partial charge in [0.05, 0.1) is 26.4 Å². The first-order chi connectivity index (χ1) is 45.0. The van der Waals surface area contributed by atoms with Gasteiger partial charge in [-0.15, -0.1) is 0 Å². The molecule has 17 nitrogen and oxygen atoms in total. The van der Waals surface area contributed by atoms with Gasteiger partial charge in [0.15, 0.2) is 12.2 Å². The van der Waals surface area contributed by atoms with Gasteiger partial charge in [-0.3, -0.25) is 37.3 Å². The van der Waals surface area contributed by atoms with Crippen LogP contribution in [0.2, 0.25) is 0 Å². The van der Waals surface area contributed by atoms with Crippen molar-refractivity contribution >= 4 is 39.5 Å². The van der Waals surface area contributed by atoms with Crippen molar-refractivity contribution in [3.63, 3.8) is 0 Å². The molecule has 0 aliphatic carbocycles. The molecule has 0 fully saturated rings. The predicted octanol–water partition coefficient (Wildman–Crippen LogP) is 21.2. The van der Waals surface area contributed by atoms with E-state index >= 15 is 0 Å². The number of aliphatic hydroxyl groups excluding tert-OH is 1. The molecule has 3 N–H and O–H groups in total. The van der Waals surface area contributed by atoms with Gasteiger partial charge in [-0.1, -0.05) is 309 Å². The monoisotopic (exact) mass is 1360 g/mol. The summed E-state index contributed by atoms with van der Waals surface area (Å²) in [4.78, 5) is 72.6. The Kier molecular flexibility index (Phi) is 65.0. The van der Waals surface area contributed by atoms with Gasteiger partial charge in [-0.05, 0) is 57.3 Å². The fourth-order valence-corrected chi connectivity index (χ4v) is 12.4. The maximum Gasteiger partial charge on any atom is 0.472 e. The Bertz CT molecular complexity index is 1880. The molecule has 0 aromatic carbocycles. The van der Waals surface area contributed by atoms with Crippen LogP contribution < -0.4 is 0 Å². The van der Waals surface area contributed by atoms with Crippen LogP contribution in [0.1, 0.15) is 362 Å². The Morgan fingerprint density at radius 2 is 0.581 bits per heavy atom. The van der Waals surface area contributed by atoms with Crippen molar-refractivity contribution < 1.29 is 80.2 Å². The number of hydrogen-bond donors (Lipinski definition) is 3. The molecule has 0 saturated heterocycles. The molecule has 0 saturated carbocycles. The lowest BCUT2D eigenvalue weighted by atomic mass is 10.0. The minimum atomic E-state index is -4.96. The summed E-state index contributed by atoms with van der Waals surface area (Å²) in [6.07, 6.45) is 57.7. The number of ether oxygens (including phenoxy) is 4. The molecule has 548 valence electrons. The molecular formula is C74H140O17P2. The van der Waals surface area contributed by atoms with Gasteiger partial charge in [0.25, 0.3) is 0 Å².